The average molecular weight is 352 g/mol. The summed E-state index contributed by atoms with van der Waals surface area (Å²) in [6, 6.07) is 0. The van der Waals surface area contributed by atoms with Gasteiger partial charge in [0.2, 0.25) is 0 Å². The molecule has 6 N–H and O–H groups in total. The normalized spacial score (nSPS) is 15.0. The number of hydrogen-bond donors (Lipinski definition) is 6. The molecule has 0 aliphatic heterocycles. The Morgan fingerprint density at radius 1 is 0.905 bits per heavy atom. The minimum absolute atomic E-state index is 1.58. The van der Waals surface area contributed by atoms with Crippen LogP contribution in [0.1, 0.15) is 12.8 Å². The number of hydrogen-bond acceptors (Lipinski definition) is 7. The third kappa shape index (κ3) is 7.87. The number of aliphatic carboxylic acids is 2. The molecular formula is C6H10O13P2. The molecule has 0 saturated carbocycles. The lowest BCUT2D eigenvalue weighted by atomic mass is 9.96. The summed E-state index contributed by atoms with van der Waals surface area (Å²) < 4.78 is 28.4. The van der Waals surface area contributed by atoms with Gasteiger partial charge in [0.15, 0.2) is 5.60 Å². The molecule has 15 heteroatoms. The van der Waals surface area contributed by atoms with E-state index in [1.54, 1.807) is 0 Å². The van der Waals surface area contributed by atoms with Gasteiger partial charge in [0.1, 0.15) is 0 Å². The maximum absolute atomic E-state index is 11.1. The molecule has 0 aromatic carbocycles. The Balaban J connectivity index is 5.51. The van der Waals surface area contributed by atoms with E-state index in [1.807, 2.05) is 0 Å². The zero-order chi connectivity index (χ0) is 17.1. The molecule has 0 fully saturated rings. The smallest absolute Gasteiger partial charge is 0.481 e. The monoisotopic (exact) mass is 352 g/mol. The fourth-order valence-electron chi connectivity index (χ4n) is 1.19. The summed E-state index contributed by atoms with van der Waals surface area (Å²) in [6.07, 6.45) is -3.24. The lowest BCUT2D eigenvalue weighted by molar-refractivity contribution is -0.168. The number of phosphoric acid groups is 2. The van der Waals surface area contributed by atoms with Gasteiger partial charge in [-0.25, -0.2) is 13.9 Å². The molecule has 21 heavy (non-hydrogen) atoms. The van der Waals surface area contributed by atoms with Crippen molar-refractivity contribution in [3.63, 3.8) is 0 Å². The molecule has 0 amide bonds. The summed E-state index contributed by atoms with van der Waals surface area (Å²) in [5.41, 5.74) is -3.27. The molecule has 0 aliphatic rings. The molecular weight excluding hydrogens is 342 g/mol. The van der Waals surface area contributed by atoms with Crippen molar-refractivity contribution in [3.05, 3.63) is 0 Å². The van der Waals surface area contributed by atoms with Crippen LogP contribution in [0.3, 0.4) is 0 Å². The van der Waals surface area contributed by atoms with Gasteiger partial charge in [-0.1, -0.05) is 0 Å². The Morgan fingerprint density at radius 2 is 1.38 bits per heavy atom. The van der Waals surface area contributed by atoms with Crippen LogP contribution in [-0.4, -0.2) is 53.3 Å². The predicted octanol–water partition coefficient (Wildman–Crippen LogP) is -1.58. The largest absolute Gasteiger partial charge is 0.526 e. The van der Waals surface area contributed by atoms with Gasteiger partial charge >= 0.3 is 33.6 Å². The molecule has 0 bridgehead atoms. The number of carbonyl (C=O) groups is 3. The van der Waals surface area contributed by atoms with Gasteiger partial charge in [0, 0.05) is 0 Å². The summed E-state index contributed by atoms with van der Waals surface area (Å²) in [5, 5.41) is 17.4. The van der Waals surface area contributed by atoms with E-state index in [9.17, 15) is 23.5 Å². The highest BCUT2D eigenvalue weighted by Gasteiger charge is 2.50. The second-order valence-electron chi connectivity index (χ2n) is 3.58. The molecule has 0 aromatic rings. The van der Waals surface area contributed by atoms with Crippen LogP contribution in [0.15, 0.2) is 0 Å². The number of carbonyl (C=O) groups excluding carboxylic acids is 1. The molecule has 0 aromatic heterocycles. The highest BCUT2D eigenvalue weighted by molar-refractivity contribution is 7.47. The maximum Gasteiger partial charge on any atom is 0.526 e. The third-order valence-corrected chi connectivity index (χ3v) is 2.80. The Bertz CT molecular complexity index is 527. The van der Waals surface area contributed by atoms with Gasteiger partial charge in [-0.15, -0.1) is 0 Å². The molecule has 0 rings (SSSR count). The van der Waals surface area contributed by atoms with Crippen LogP contribution < -0.4 is 0 Å². The molecule has 0 radical (unpaired) electrons. The third-order valence-electron chi connectivity index (χ3n) is 1.77. The van der Waals surface area contributed by atoms with Crippen molar-refractivity contribution in [1.29, 1.82) is 0 Å². The van der Waals surface area contributed by atoms with Crippen LogP contribution in [-0.2, 0) is 32.6 Å². The van der Waals surface area contributed by atoms with Crippen LogP contribution in [0, 0.1) is 0 Å². The Hall–Kier alpha value is -1.33. The Labute approximate surface area is 115 Å². The highest BCUT2D eigenvalue weighted by atomic mass is 31.2. The summed E-state index contributed by atoms with van der Waals surface area (Å²) >= 11 is 0. The van der Waals surface area contributed by atoms with Crippen molar-refractivity contribution in [1.82, 2.24) is 0 Å². The van der Waals surface area contributed by atoms with Crippen LogP contribution in [0.5, 0.6) is 0 Å². The van der Waals surface area contributed by atoms with E-state index >= 15 is 0 Å². The minimum Gasteiger partial charge on any atom is -0.481 e. The summed E-state index contributed by atoms with van der Waals surface area (Å²) in [7, 11) is -10.9. The van der Waals surface area contributed by atoms with E-state index in [0.717, 1.165) is 0 Å². The average Bonchev–Trinajstić information content (AvgIpc) is 2.08. The van der Waals surface area contributed by atoms with Gasteiger partial charge in [-0.05, 0) is 0 Å². The summed E-state index contributed by atoms with van der Waals surface area (Å²) in [6.45, 7) is 0. The SMILES string of the molecule is O=C(O)CC(CC(=O)OP(=O)(O)O)(OP(=O)(O)O)C(=O)O. The van der Waals surface area contributed by atoms with Crippen molar-refractivity contribution in [2.24, 2.45) is 0 Å². The van der Waals surface area contributed by atoms with Gasteiger partial charge < -0.3 is 24.5 Å². The van der Waals surface area contributed by atoms with Crippen molar-refractivity contribution in [2.75, 3.05) is 0 Å². The van der Waals surface area contributed by atoms with E-state index in [-0.39, 0.29) is 0 Å². The number of carboxylic acids is 2. The first-order chi connectivity index (χ1) is 9.17. The van der Waals surface area contributed by atoms with E-state index in [2.05, 4.69) is 9.05 Å². The Kier molecular flexibility index (Phi) is 6.20. The Morgan fingerprint density at radius 3 is 1.67 bits per heavy atom. The van der Waals surface area contributed by atoms with Crippen LogP contribution in [0.2, 0.25) is 0 Å². The van der Waals surface area contributed by atoms with Gasteiger partial charge in [0.25, 0.3) is 0 Å². The van der Waals surface area contributed by atoms with E-state index in [4.69, 9.17) is 29.8 Å². The van der Waals surface area contributed by atoms with Crippen LogP contribution >= 0.6 is 15.6 Å². The zero-order valence-electron chi connectivity index (χ0n) is 9.85. The summed E-state index contributed by atoms with van der Waals surface area (Å²) in [4.78, 5) is 66.6. The lowest BCUT2D eigenvalue weighted by Crippen LogP contribution is -2.45. The van der Waals surface area contributed by atoms with Gasteiger partial charge in [-0.2, -0.15) is 0 Å². The highest BCUT2D eigenvalue weighted by Crippen LogP contribution is 2.45. The second kappa shape index (κ2) is 6.62. The predicted molar refractivity (Wildman–Crippen MR) is 58.5 cm³/mol. The zero-order valence-corrected chi connectivity index (χ0v) is 11.6. The first-order valence-corrected chi connectivity index (χ1v) is 7.72. The van der Waals surface area contributed by atoms with Crippen molar-refractivity contribution < 1.29 is 62.3 Å². The fourth-order valence-corrected chi connectivity index (χ4v) is 2.18. The van der Waals surface area contributed by atoms with Crippen molar-refractivity contribution in [2.45, 2.75) is 18.4 Å². The standard InChI is InChI=1S/C6H10O13P2/c7-3(8)1-6(5(10)11,19-21(15,16)17)2-4(9)18-20(12,13)14/h1-2H2,(H,7,8)(H,10,11)(H2,12,13,14)(H2,15,16,17). The summed E-state index contributed by atoms with van der Waals surface area (Å²) in [5.74, 6) is -6.09. The molecule has 0 aliphatic carbocycles. The minimum atomic E-state index is -5.55. The molecule has 1 unspecified atom stereocenters. The lowest BCUT2D eigenvalue weighted by Gasteiger charge is -2.26. The number of phosphoric ester groups is 2. The molecule has 0 spiro atoms. The quantitative estimate of drug-likeness (QED) is 0.271. The first-order valence-electron chi connectivity index (χ1n) is 4.66. The van der Waals surface area contributed by atoms with Crippen LogP contribution in [0.25, 0.3) is 0 Å². The number of carboxylic acid groups (broad SMARTS) is 2. The number of rotatable bonds is 8. The maximum atomic E-state index is 11.1. The molecule has 0 heterocycles. The fraction of sp³-hybridized carbons (Fsp3) is 0.500. The molecule has 0 saturated heterocycles. The van der Waals surface area contributed by atoms with Crippen LogP contribution in [0.4, 0.5) is 0 Å². The topological polar surface area (TPSA) is 225 Å². The second-order valence-corrected chi connectivity index (χ2v) is 5.91. The van der Waals surface area contributed by atoms with Crippen molar-refractivity contribution >= 4 is 33.6 Å². The van der Waals surface area contributed by atoms with Gasteiger partial charge in [0.05, 0.1) is 12.8 Å². The van der Waals surface area contributed by atoms with E-state index in [0.29, 0.717) is 0 Å². The first kappa shape index (κ1) is 19.7. The molecule has 13 nitrogen and oxygen atoms in total. The van der Waals surface area contributed by atoms with Crippen molar-refractivity contribution in [3.8, 4) is 0 Å². The van der Waals surface area contributed by atoms with E-state index in [1.165, 1.54) is 0 Å². The van der Waals surface area contributed by atoms with E-state index < -0.39 is 52.0 Å². The van der Waals surface area contributed by atoms with Gasteiger partial charge in [-0.3, -0.25) is 23.9 Å². The molecule has 1 atom stereocenters. The molecule has 122 valence electrons.